The first-order valence-corrected chi connectivity index (χ1v) is 8.77. The maximum absolute atomic E-state index is 10.7. The van der Waals surface area contributed by atoms with E-state index in [1.807, 2.05) is 12.1 Å². The molecule has 0 saturated heterocycles. The molecule has 1 atom stereocenters. The van der Waals surface area contributed by atoms with Gasteiger partial charge in [-0.25, -0.2) is 0 Å². The van der Waals surface area contributed by atoms with E-state index in [0.717, 1.165) is 11.1 Å². The third kappa shape index (κ3) is 4.72. The van der Waals surface area contributed by atoms with Gasteiger partial charge in [-0.15, -0.1) is 0 Å². The lowest BCUT2D eigenvalue weighted by molar-refractivity contribution is 0.172. The van der Waals surface area contributed by atoms with E-state index >= 15 is 0 Å². The minimum absolute atomic E-state index is 0.340. The van der Waals surface area contributed by atoms with E-state index in [1.165, 1.54) is 0 Å². The van der Waals surface area contributed by atoms with Gasteiger partial charge < -0.3 is 33.5 Å². The monoisotopic (exact) mass is 392 g/mol. The fraction of sp³-hybridized carbons (Fsp3) is 0.429. The number of benzene rings is 2. The molecule has 0 unspecified atom stereocenters. The Labute approximate surface area is 165 Å². The van der Waals surface area contributed by atoms with Crippen LogP contribution in [0.15, 0.2) is 24.3 Å². The van der Waals surface area contributed by atoms with Crippen LogP contribution in [0.1, 0.15) is 11.1 Å². The lowest BCUT2D eigenvalue weighted by atomic mass is 9.99. The second-order valence-corrected chi connectivity index (χ2v) is 6.11. The zero-order valence-electron chi connectivity index (χ0n) is 17.2. The van der Waals surface area contributed by atoms with Crippen LogP contribution in [0.4, 0.5) is 0 Å². The van der Waals surface area contributed by atoms with Crippen molar-refractivity contribution < 1.29 is 33.5 Å². The van der Waals surface area contributed by atoms with E-state index in [2.05, 4.69) is 0 Å². The van der Waals surface area contributed by atoms with Gasteiger partial charge in [0, 0.05) is 24.1 Å². The molecule has 2 rings (SSSR count). The molecule has 0 aromatic heterocycles. The molecule has 154 valence electrons. The lowest BCUT2D eigenvalue weighted by Crippen LogP contribution is -2.15. The standard InChI is InChI=1S/C21H28O7/c1-23-15-11-17(24-2)16(18(12-15)25-3)10-14(22)7-13-8-19(26-4)21(28-6)20(9-13)27-5/h8-9,11-12,14,22H,7,10H2,1-6H3/t14-/m0/s1. The van der Waals surface area contributed by atoms with Crippen LogP contribution in [0.3, 0.4) is 0 Å². The third-order valence-corrected chi connectivity index (χ3v) is 4.45. The molecular formula is C21H28O7. The molecule has 0 saturated carbocycles. The first-order chi connectivity index (χ1) is 13.5. The molecule has 0 fully saturated rings. The minimum atomic E-state index is -0.681. The summed E-state index contributed by atoms with van der Waals surface area (Å²) in [5.74, 6) is 3.42. The van der Waals surface area contributed by atoms with Crippen molar-refractivity contribution in [3.63, 3.8) is 0 Å². The molecule has 28 heavy (non-hydrogen) atoms. The molecule has 0 spiro atoms. The fourth-order valence-corrected chi connectivity index (χ4v) is 3.11. The normalized spacial score (nSPS) is 11.5. The highest BCUT2D eigenvalue weighted by Crippen LogP contribution is 2.39. The minimum Gasteiger partial charge on any atom is -0.496 e. The van der Waals surface area contributed by atoms with Crippen LogP contribution >= 0.6 is 0 Å². The average Bonchev–Trinajstić information content (AvgIpc) is 2.72. The van der Waals surface area contributed by atoms with Crippen molar-refractivity contribution in [3.05, 3.63) is 35.4 Å². The van der Waals surface area contributed by atoms with E-state index in [0.29, 0.717) is 47.3 Å². The predicted octanol–water partition coefficient (Wildman–Crippen LogP) is 2.88. The predicted molar refractivity (Wildman–Crippen MR) is 106 cm³/mol. The molecule has 0 heterocycles. The van der Waals surface area contributed by atoms with Gasteiger partial charge in [0.05, 0.1) is 48.8 Å². The molecule has 2 aromatic rings. The smallest absolute Gasteiger partial charge is 0.203 e. The number of ether oxygens (including phenoxy) is 6. The number of hydrogen-bond donors (Lipinski definition) is 1. The van der Waals surface area contributed by atoms with Crippen molar-refractivity contribution >= 4 is 0 Å². The summed E-state index contributed by atoms with van der Waals surface area (Å²) in [5.41, 5.74) is 1.62. The molecule has 0 amide bonds. The van der Waals surface area contributed by atoms with E-state index in [-0.39, 0.29) is 0 Å². The SMILES string of the molecule is COc1cc(OC)c(C[C@@H](O)Cc2cc(OC)c(OC)c(OC)c2)c(OC)c1. The Balaban J connectivity index is 2.28. The van der Waals surface area contributed by atoms with Crippen LogP contribution in [0.2, 0.25) is 0 Å². The van der Waals surface area contributed by atoms with Gasteiger partial charge in [0.25, 0.3) is 0 Å². The highest BCUT2D eigenvalue weighted by Gasteiger charge is 2.19. The third-order valence-electron chi connectivity index (χ3n) is 4.45. The first kappa shape index (κ1) is 21.5. The van der Waals surface area contributed by atoms with Gasteiger partial charge in [-0.3, -0.25) is 0 Å². The number of rotatable bonds is 10. The van der Waals surface area contributed by atoms with Crippen molar-refractivity contribution in [2.45, 2.75) is 18.9 Å². The quantitative estimate of drug-likeness (QED) is 0.666. The van der Waals surface area contributed by atoms with Crippen LogP contribution < -0.4 is 28.4 Å². The summed E-state index contributed by atoms with van der Waals surface area (Å²) in [6, 6.07) is 7.19. The molecule has 2 aromatic carbocycles. The molecule has 7 heteroatoms. The molecule has 1 N–H and O–H groups in total. The fourth-order valence-electron chi connectivity index (χ4n) is 3.11. The summed E-state index contributed by atoms with van der Waals surface area (Å²) < 4.78 is 32.3. The van der Waals surface area contributed by atoms with Crippen molar-refractivity contribution in [3.8, 4) is 34.5 Å². The van der Waals surface area contributed by atoms with E-state index in [1.54, 1.807) is 54.8 Å². The Hall–Kier alpha value is -2.80. The summed E-state index contributed by atoms with van der Waals surface area (Å²) >= 11 is 0. The van der Waals surface area contributed by atoms with E-state index in [9.17, 15) is 5.11 Å². The second kappa shape index (κ2) is 9.94. The van der Waals surface area contributed by atoms with Gasteiger partial charge in [-0.05, 0) is 24.1 Å². The maximum atomic E-state index is 10.7. The first-order valence-electron chi connectivity index (χ1n) is 8.77. The van der Waals surface area contributed by atoms with Gasteiger partial charge in [0.15, 0.2) is 11.5 Å². The van der Waals surface area contributed by atoms with Crippen LogP contribution in [0.5, 0.6) is 34.5 Å². The second-order valence-electron chi connectivity index (χ2n) is 6.11. The van der Waals surface area contributed by atoms with Crippen LogP contribution in [-0.4, -0.2) is 53.9 Å². The number of hydrogen-bond acceptors (Lipinski definition) is 7. The zero-order valence-corrected chi connectivity index (χ0v) is 17.2. The molecule has 0 radical (unpaired) electrons. The Morgan fingerprint density at radius 3 is 1.54 bits per heavy atom. The topological polar surface area (TPSA) is 75.6 Å². The van der Waals surface area contributed by atoms with Gasteiger partial charge >= 0.3 is 0 Å². The molecule has 0 bridgehead atoms. The van der Waals surface area contributed by atoms with Crippen LogP contribution in [-0.2, 0) is 12.8 Å². The largest absolute Gasteiger partial charge is 0.496 e. The van der Waals surface area contributed by atoms with Crippen LogP contribution in [0, 0.1) is 0 Å². The van der Waals surface area contributed by atoms with Crippen LogP contribution in [0.25, 0.3) is 0 Å². The molecule has 0 aliphatic carbocycles. The Bertz CT molecular complexity index is 738. The number of methoxy groups -OCH3 is 6. The zero-order chi connectivity index (χ0) is 20.7. The number of aliphatic hydroxyl groups is 1. The summed E-state index contributed by atoms with van der Waals surface area (Å²) in [6.45, 7) is 0. The summed E-state index contributed by atoms with van der Waals surface area (Å²) in [7, 11) is 9.39. The highest BCUT2D eigenvalue weighted by molar-refractivity contribution is 5.54. The molecule has 7 nitrogen and oxygen atoms in total. The van der Waals surface area contributed by atoms with Crippen molar-refractivity contribution in [1.29, 1.82) is 0 Å². The lowest BCUT2D eigenvalue weighted by Gasteiger charge is -2.19. The number of aliphatic hydroxyl groups excluding tert-OH is 1. The summed E-state index contributed by atoms with van der Waals surface area (Å²) in [6.07, 6.45) is 0.0428. The molecular weight excluding hydrogens is 364 g/mol. The van der Waals surface area contributed by atoms with Crippen molar-refractivity contribution in [2.75, 3.05) is 42.7 Å². The Morgan fingerprint density at radius 1 is 0.643 bits per heavy atom. The maximum Gasteiger partial charge on any atom is 0.203 e. The molecule has 0 aliphatic rings. The molecule has 0 aliphatic heterocycles. The average molecular weight is 392 g/mol. The van der Waals surface area contributed by atoms with Gasteiger partial charge in [-0.1, -0.05) is 0 Å². The van der Waals surface area contributed by atoms with E-state index < -0.39 is 6.10 Å². The summed E-state index contributed by atoms with van der Waals surface area (Å²) in [5, 5.41) is 10.7. The van der Waals surface area contributed by atoms with Gasteiger partial charge in [-0.2, -0.15) is 0 Å². The van der Waals surface area contributed by atoms with Crippen molar-refractivity contribution in [1.82, 2.24) is 0 Å². The van der Waals surface area contributed by atoms with E-state index in [4.69, 9.17) is 28.4 Å². The Morgan fingerprint density at radius 2 is 1.14 bits per heavy atom. The highest BCUT2D eigenvalue weighted by atomic mass is 16.5. The van der Waals surface area contributed by atoms with Crippen molar-refractivity contribution in [2.24, 2.45) is 0 Å². The summed E-state index contributed by atoms with van der Waals surface area (Å²) in [4.78, 5) is 0. The Kier molecular flexibility index (Phi) is 7.63. The van der Waals surface area contributed by atoms with Gasteiger partial charge in [0.2, 0.25) is 5.75 Å². The van der Waals surface area contributed by atoms with Gasteiger partial charge in [0.1, 0.15) is 17.2 Å².